The molecule has 0 aromatic heterocycles. The molecule has 2 fully saturated rings. The maximum absolute atomic E-state index is 5.69. The summed E-state index contributed by atoms with van der Waals surface area (Å²) in [6, 6.07) is 0.760. The summed E-state index contributed by atoms with van der Waals surface area (Å²) < 4.78 is 5.69. The highest BCUT2D eigenvalue weighted by Crippen LogP contribution is 2.22. The van der Waals surface area contributed by atoms with Crippen molar-refractivity contribution >= 4 is 0 Å². The highest BCUT2D eigenvalue weighted by Gasteiger charge is 2.32. The Morgan fingerprint density at radius 2 is 2.33 bits per heavy atom. The summed E-state index contributed by atoms with van der Waals surface area (Å²) in [6.07, 6.45) is 1.29. The van der Waals surface area contributed by atoms with Crippen molar-refractivity contribution in [3.8, 4) is 0 Å². The Morgan fingerprint density at radius 3 is 3.13 bits per heavy atom. The second-order valence-corrected chi connectivity index (χ2v) is 5.28. The minimum absolute atomic E-state index is 0.708. The quantitative estimate of drug-likeness (QED) is 0.737. The molecule has 15 heavy (non-hydrogen) atoms. The molecular formula is C12H24N2O. The van der Waals surface area contributed by atoms with Gasteiger partial charge in [0.25, 0.3) is 0 Å². The Morgan fingerprint density at radius 1 is 1.47 bits per heavy atom. The Bertz CT molecular complexity index is 196. The summed E-state index contributed by atoms with van der Waals surface area (Å²) in [5.41, 5.74) is 0. The summed E-state index contributed by atoms with van der Waals surface area (Å²) in [6.45, 7) is 11.1. The van der Waals surface area contributed by atoms with E-state index in [4.69, 9.17) is 4.74 Å². The molecule has 0 aromatic rings. The number of ether oxygens (including phenoxy) is 1. The Balaban J connectivity index is 1.99. The summed E-state index contributed by atoms with van der Waals surface area (Å²) in [4.78, 5) is 2.66. The van der Waals surface area contributed by atoms with Crippen molar-refractivity contribution in [3.05, 3.63) is 0 Å². The molecule has 0 unspecified atom stereocenters. The van der Waals surface area contributed by atoms with Crippen LogP contribution < -0.4 is 5.32 Å². The van der Waals surface area contributed by atoms with E-state index in [1.54, 1.807) is 0 Å². The predicted molar refractivity (Wildman–Crippen MR) is 62.0 cm³/mol. The largest absolute Gasteiger partial charge is 0.380 e. The molecule has 3 heteroatoms. The molecule has 0 bridgehead atoms. The molecule has 1 N–H and O–H groups in total. The fraction of sp³-hybridized carbons (Fsp3) is 1.00. The van der Waals surface area contributed by atoms with Crippen LogP contribution in [0, 0.1) is 11.8 Å². The van der Waals surface area contributed by atoms with Gasteiger partial charge in [-0.15, -0.1) is 0 Å². The van der Waals surface area contributed by atoms with Crippen LogP contribution in [0.25, 0.3) is 0 Å². The van der Waals surface area contributed by atoms with Crippen molar-refractivity contribution in [1.82, 2.24) is 10.2 Å². The van der Waals surface area contributed by atoms with Gasteiger partial charge in [0.1, 0.15) is 0 Å². The van der Waals surface area contributed by atoms with Gasteiger partial charge in [0.15, 0.2) is 0 Å². The number of nitrogens with one attached hydrogen (secondary N) is 1. The zero-order valence-corrected chi connectivity index (χ0v) is 10.0. The fourth-order valence-corrected chi connectivity index (χ4v) is 2.84. The number of nitrogens with zero attached hydrogens (tertiary/aromatic N) is 1. The monoisotopic (exact) mass is 212 g/mol. The van der Waals surface area contributed by atoms with E-state index in [2.05, 4.69) is 24.1 Å². The van der Waals surface area contributed by atoms with E-state index in [-0.39, 0.29) is 0 Å². The van der Waals surface area contributed by atoms with Crippen LogP contribution in [0.2, 0.25) is 0 Å². The van der Waals surface area contributed by atoms with E-state index < -0.39 is 0 Å². The first-order valence-corrected chi connectivity index (χ1v) is 6.30. The third-order valence-electron chi connectivity index (χ3n) is 3.49. The molecule has 0 spiro atoms. The molecule has 0 aromatic carbocycles. The molecule has 2 aliphatic rings. The molecular weight excluding hydrogens is 188 g/mol. The van der Waals surface area contributed by atoms with Gasteiger partial charge in [0, 0.05) is 31.6 Å². The second kappa shape index (κ2) is 5.28. The SMILES string of the molecule is CC(C)CN1CCOC[C@H]2CNCC[C@H]21. The highest BCUT2D eigenvalue weighted by atomic mass is 16.5. The van der Waals surface area contributed by atoms with Crippen molar-refractivity contribution in [2.24, 2.45) is 11.8 Å². The van der Waals surface area contributed by atoms with E-state index in [1.807, 2.05) is 0 Å². The van der Waals surface area contributed by atoms with Gasteiger partial charge in [-0.3, -0.25) is 4.90 Å². The van der Waals surface area contributed by atoms with Gasteiger partial charge in [-0.2, -0.15) is 0 Å². The standard InChI is InChI=1S/C12H24N2O/c1-10(2)8-14-5-6-15-9-11-7-13-4-3-12(11)14/h10-13H,3-9H2,1-2H3/t11-,12-/m1/s1. The summed E-state index contributed by atoms with van der Waals surface area (Å²) in [5, 5.41) is 3.48. The highest BCUT2D eigenvalue weighted by molar-refractivity contribution is 4.87. The Kier molecular flexibility index (Phi) is 4.00. The lowest BCUT2D eigenvalue weighted by molar-refractivity contribution is 0.0992. The van der Waals surface area contributed by atoms with Crippen molar-refractivity contribution in [1.29, 1.82) is 0 Å². The van der Waals surface area contributed by atoms with E-state index in [1.165, 1.54) is 19.5 Å². The number of hydrogen-bond donors (Lipinski definition) is 1. The number of fused-ring (bicyclic) bond motifs is 1. The summed E-state index contributed by atoms with van der Waals surface area (Å²) >= 11 is 0. The van der Waals surface area contributed by atoms with Crippen molar-refractivity contribution in [2.75, 3.05) is 39.4 Å². The maximum atomic E-state index is 5.69. The molecule has 88 valence electrons. The fourth-order valence-electron chi connectivity index (χ4n) is 2.84. The average Bonchev–Trinajstić information content (AvgIpc) is 2.41. The molecule has 3 nitrogen and oxygen atoms in total. The van der Waals surface area contributed by atoms with Crippen molar-refractivity contribution in [3.63, 3.8) is 0 Å². The van der Waals surface area contributed by atoms with Crippen LogP contribution in [-0.4, -0.2) is 50.3 Å². The first kappa shape index (κ1) is 11.4. The molecule has 0 saturated carbocycles. The third-order valence-corrected chi connectivity index (χ3v) is 3.49. The van der Waals surface area contributed by atoms with E-state index in [9.17, 15) is 0 Å². The molecule has 2 atom stereocenters. The van der Waals surface area contributed by atoms with Gasteiger partial charge in [-0.05, 0) is 18.9 Å². The second-order valence-electron chi connectivity index (χ2n) is 5.28. The van der Waals surface area contributed by atoms with Crippen molar-refractivity contribution < 1.29 is 4.74 Å². The smallest absolute Gasteiger partial charge is 0.0593 e. The van der Waals surface area contributed by atoms with Crippen molar-refractivity contribution in [2.45, 2.75) is 26.3 Å². The van der Waals surface area contributed by atoms with E-state index >= 15 is 0 Å². The van der Waals surface area contributed by atoms with Gasteiger partial charge < -0.3 is 10.1 Å². The van der Waals surface area contributed by atoms with E-state index in [0.29, 0.717) is 5.92 Å². The topological polar surface area (TPSA) is 24.5 Å². The number of hydrogen-bond acceptors (Lipinski definition) is 3. The van der Waals surface area contributed by atoms with Gasteiger partial charge in [0.05, 0.1) is 13.2 Å². The van der Waals surface area contributed by atoms with Gasteiger partial charge in [-0.25, -0.2) is 0 Å². The number of piperidine rings is 1. The Hall–Kier alpha value is -0.120. The normalized spacial score (nSPS) is 33.8. The third kappa shape index (κ3) is 2.92. The molecule has 0 aliphatic carbocycles. The van der Waals surface area contributed by atoms with Crippen LogP contribution in [-0.2, 0) is 4.74 Å². The van der Waals surface area contributed by atoms with E-state index in [0.717, 1.165) is 38.3 Å². The minimum Gasteiger partial charge on any atom is -0.380 e. The van der Waals surface area contributed by atoms with Crippen LogP contribution in [0.4, 0.5) is 0 Å². The average molecular weight is 212 g/mol. The molecule has 2 rings (SSSR count). The minimum atomic E-state index is 0.708. The first-order valence-electron chi connectivity index (χ1n) is 6.30. The van der Waals surface area contributed by atoms with Gasteiger partial charge in [0.2, 0.25) is 0 Å². The summed E-state index contributed by atoms with van der Waals surface area (Å²) in [7, 11) is 0. The predicted octanol–water partition coefficient (Wildman–Crippen LogP) is 0.953. The lowest BCUT2D eigenvalue weighted by Crippen LogP contribution is -2.50. The van der Waals surface area contributed by atoms with Crippen LogP contribution in [0.3, 0.4) is 0 Å². The molecule has 0 radical (unpaired) electrons. The van der Waals surface area contributed by atoms with Crippen LogP contribution >= 0.6 is 0 Å². The zero-order chi connectivity index (χ0) is 10.7. The van der Waals surface area contributed by atoms with Crippen LogP contribution in [0.1, 0.15) is 20.3 Å². The lowest BCUT2D eigenvalue weighted by Gasteiger charge is -2.38. The zero-order valence-electron chi connectivity index (χ0n) is 10.0. The molecule has 2 heterocycles. The van der Waals surface area contributed by atoms with Crippen LogP contribution in [0.5, 0.6) is 0 Å². The lowest BCUT2D eigenvalue weighted by atomic mass is 9.92. The summed E-state index contributed by atoms with van der Waals surface area (Å²) in [5.74, 6) is 1.47. The molecule has 2 aliphatic heterocycles. The molecule has 0 amide bonds. The van der Waals surface area contributed by atoms with Crippen LogP contribution in [0.15, 0.2) is 0 Å². The van der Waals surface area contributed by atoms with Gasteiger partial charge in [-0.1, -0.05) is 13.8 Å². The number of rotatable bonds is 2. The molecule has 2 saturated heterocycles. The maximum Gasteiger partial charge on any atom is 0.0593 e. The van der Waals surface area contributed by atoms with Gasteiger partial charge >= 0.3 is 0 Å². The first-order chi connectivity index (χ1) is 7.27. The Labute approximate surface area is 93.2 Å².